The number of benzene rings is 2. The summed E-state index contributed by atoms with van der Waals surface area (Å²) in [5.41, 5.74) is 4.58. The molecule has 1 saturated heterocycles. The standard InChI is InChI=1S/C24H25N3O2/c1-29-24(28)14-11-19-9-12-20(13-10-19)23-8-5-17-26(23)18-22-15-16-25-27(22)21-6-3-2-4-7-21/h2-4,6-7,9-16,23H,5,8,17-18H2,1H3/t23-/m0/s1. The van der Waals surface area contributed by atoms with Gasteiger partial charge in [0.1, 0.15) is 0 Å². The van der Waals surface area contributed by atoms with E-state index in [1.54, 1.807) is 6.08 Å². The van der Waals surface area contributed by atoms with Gasteiger partial charge in [-0.2, -0.15) is 5.10 Å². The van der Waals surface area contributed by atoms with Crippen molar-refractivity contribution in [1.82, 2.24) is 14.7 Å². The number of hydrogen-bond donors (Lipinski definition) is 0. The van der Waals surface area contributed by atoms with Crippen LogP contribution in [0.4, 0.5) is 0 Å². The molecular weight excluding hydrogens is 362 g/mol. The summed E-state index contributed by atoms with van der Waals surface area (Å²) in [6.07, 6.45) is 7.43. The average molecular weight is 387 g/mol. The molecule has 0 saturated carbocycles. The van der Waals surface area contributed by atoms with Crippen LogP contribution in [0.15, 0.2) is 72.9 Å². The second-order valence-electron chi connectivity index (χ2n) is 7.22. The highest BCUT2D eigenvalue weighted by atomic mass is 16.5. The molecular formula is C24H25N3O2. The maximum atomic E-state index is 11.3. The fourth-order valence-corrected chi connectivity index (χ4v) is 3.91. The normalized spacial score (nSPS) is 17.1. The number of esters is 1. The Morgan fingerprint density at radius 1 is 1.14 bits per heavy atom. The zero-order valence-electron chi connectivity index (χ0n) is 16.6. The highest BCUT2D eigenvalue weighted by Crippen LogP contribution is 2.33. The number of nitrogens with zero attached hydrogens (tertiary/aromatic N) is 3. The summed E-state index contributed by atoms with van der Waals surface area (Å²) in [6.45, 7) is 1.94. The number of para-hydroxylation sites is 1. The van der Waals surface area contributed by atoms with Crippen molar-refractivity contribution < 1.29 is 9.53 Å². The Morgan fingerprint density at radius 3 is 2.69 bits per heavy atom. The van der Waals surface area contributed by atoms with Crippen molar-refractivity contribution in [3.8, 4) is 5.69 Å². The third kappa shape index (κ3) is 4.46. The molecule has 0 radical (unpaired) electrons. The second kappa shape index (κ2) is 8.88. The van der Waals surface area contributed by atoms with Crippen LogP contribution in [0.1, 0.15) is 35.7 Å². The lowest BCUT2D eigenvalue weighted by Crippen LogP contribution is -2.24. The number of likely N-dealkylation sites (tertiary alicyclic amines) is 1. The van der Waals surface area contributed by atoms with Gasteiger partial charge in [-0.3, -0.25) is 4.90 Å². The number of aromatic nitrogens is 2. The zero-order chi connectivity index (χ0) is 20.1. The predicted molar refractivity (Wildman–Crippen MR) is 113 cm³/mol. The Hall–Kier alpha value is -3.18. The molecule has 1 aliphatic rings. The van der Waals surface area contributed by atoms with Gasteiger partial charge in [0.15, 0.2) is 0 Å². The van der Waals surface area contributed by atoms with Crippen molar-refractivity contribution in [1.29, 1.82) is 0 Å². The molecule has 0 spiro atoms. The molecule has 4 rings (SSSR count). The molecule has 2 heterocycles. The van der Waals surface area contributed by atoms with Crippen LogP contribution in [0.3, 0.4) is 0 Å². The lowest BCUT2D eigenvalue weighted by molar-refractivity contribution is -0.134. The number of carbonyl (C=O) groups excluding carboxylic acids is 1. The van der Waals surface area contributed by atoms with E-state index >= 15 is 0 Å². The van der Waals surface area contributed by atoms with Gasteiger partial charge in [0.2, 0.25) is 0 Å². The Kier molecular flexibility index (Phi) is 5.86. The smallest absolute Gasteiger partial charge is 0.330 e. The Bertz CT molecular complexity index is 977. The van der Waals surface area contributed by atoms with Gasteiger partial charge >= 0.3 is 5.97 Å². The van der Waals surface area contributed by atoms with Crippen LogP contribution in [-0.4, -0.2) is 34.3 Å². The van der Waals surface area contributed by atoms with Gasteiger partial charge in [-0.1, -0.05) is 42.5 Å². The first kappa shape index (κ1) is 19.2. The first-order valence-corrected chi connectivity index (χ1v) is 9.93. The van der Waals surface area contributed by atoms with Crippen LogP contribution in [0.5, 0.6) is 0 Å². The molecule has 5 nitrogen and oxygen atoms in total. The number of carbonyl (C=O) groups is 1. The summed E-state index contributed by atoms with van der Waals surface area (Å²) in [5.74, 6) is -0.342. The molecule has 0 aliphatic carbocycles. The van der Waals surface area contributed by atoms with Crippen LogP contribution in [-0.2, 0) is 16.1 Å². The van der Waals surface area contributed by atoms with Gasteiger partial charge in [0, 0.05) is 24.9 Å². The summed E-state index contributed by atoms with van der Waals surface area (Å²) in [4.78, 5) is 13.8. The molecule has 0 N–H and O–H groups in total. The fourth-order valence-electron chi connectivity index (χ4n) is 3.91. The summed E-state index contributed by atoms with van der Waals surface area (Å²) in [5, 5.41) is 4.52. The molecule has 1 atom stereocenters. The van der Waals surface area contributed by atoms with Crippen molar-refractivity contribution in [2.24, 2.45) is 0 Å². The quantitative estimate of drug-likeness (QED) is 0.465. The van der Waals surface area contributed by atoms with Gasteiger partial charge in [-0.15, -0.1) is 0 Å². The van der Waals surface area contributed by atoms with Gasteiger partial charge < -0.3 is 4.74 Å². The minimum atomic E-state index is -0.342. The summed E-state index contributed by atoms with van der Waals surface area (Å²) < 4.78 is 6.67. The molecule has 1 aromatic heterocycles. The lowest BCUT2D eigenvalue weighted by Gasteiger charge is -2.25. The van der Waals surface area contributed by atoms with Crippen LogP contribution in [0.2, 0.25) is 0 Å². The highest BCUT2D eigenvalue weighted by Gasteiger charge is 2.26. The fraction of sp³-hybridized carbons (Fsp3) is 0.250. The van der Waals surface area contributed by atoms with Crippen molar-refractivity contribution >= 4 is 12.0 Å². The number of rotatable bonds is 6. The zero-order valence-corrected chi connectivity index (χ0v) is 16.6. The molecule has 0 unspecified atom stereocenters. The van der Waals surface area contributed by atoms with E-state index in [1.807, 2.05) is 29.1 Å². The Labute approximate surface area is 171 Å². The van der Waals surface area contributed by atoms with E-state index in [2.05, 4.69) is 57.2 Å². The Balaban J connectivity index is 1.49. The van der Waals surface area contributed by atoms with E-state index in [9.17, 15) is 4.79 Å². The molecule has 5 heteroatoms. The molecule has 0 amide bonds. The van der Waals surface area contributed by atoms with Gasteiger partial charge in [0.25, 0.3) is 0 Å². The molecule has 29 heavy (non-hydrogen) atoms. The van der Waals surface area contributed by atoms with E-state index in [-0.39, 0.29) is 5.97 Å². The summed E-state index contributed by atoms with van der Waals surface area (Å²) in [6, 6.07) is 21.2. The average Bonchev–Trinajstić information content (AvgIpc) is 3.43. The lowest BCUT2D eigenvalue weighted by atomic mass is 10.0. The third-order valence-corrected chi connectivity index (χ3v) is 5.38. The summed E-state index contributed by atoms with van der Waals surface area (Å²) in [7, 11) is 1.38. The monoisotopic (exact) mass is 387 g/mol. The van der Waals surface area contributed by atoms with Crippen LogP contribution in [0.25, 0.3) is 11.8 Å². The van der Waals surface area contributed by atoms with E-state index in [1.165, 1.54) is 30.9 Å². The van der Waals surface area contributed by atoms with Gasteiger partial charge in [-0.05, 0) is 54.8 Å². The number of methoxy groups -OCH3 is 1. The van der Waals surface area contributed by atoms with Crippen LogP contribution in [0, 0.1) is 0 Å². The molecule has 1 aliphatic heterocycles. The van der Waals surface area contributed by atoms with E-state index in [0.717, 1.165) is 30.8 Å². The molecule has 2 aromatic carbocycles. The van der Waals surface area contributed by atoms with E-state index in [4.69, 9.17) is 0 Å². The highest BCUT2D eigenvalue weighted by molar-refractivity contribution is 5.86. The number of ether oxygens (including phenoxy) is 1. The van der Waals surface area contributed by atoms with Crippen molar-refractivity contribution in [3.05, 3.63) is 89.8 Å². The molecule has 148 valence electrons. The van der Waals surface area contributed by atoms with Crippen molar-refractivity contribution in [3.63, 3.8) is 0 Å². The van der Waals surface area contributed by atoms with E-state index < -0.39 is 0 Å². The minimum Gasteiger partial charge on any atom is -0.466 e. The maximum absolute atomic E-state index is 11.3. The first-order chi connectivity index (χ1) is 14.2. The molecule has 3 aromatic rings. The van der Waals surface area contributed by atoms with Crippen molar-refractivity contribution in [2.75, 3.05) is 13.7 Å². The van der Waals surface area contributed by atoms with Gasteiger partial charge in [0.05, 0.1) is 18.5 Å². The SMILES string of the molecule is COC(=O)C=Cc1ccc([C@@H]2CCCN2Cc2ccnn2-c2ccccc2)cc1. The molecule has 0 bridgehead atoms. The summed E-state index contributed by atoms with van der Waals surface area (Å²) >= 11 is 0. The van der Waals surface area contributed by atoms with Crippen molar-refractivity contribution in [2.45, 2.75) is 25.4 Å². The minimum absolute atomic E-state index is 0.342. The van der Waals surface area contributed by atoms with Crippen LogP contribution < -0.4 is 0 Å². The second-order valence-corrected chi connectivity index (χ2v) is 7.22. The van der Waals surface area contributed by atoms with Crippen LogP contribution >= 0.6 is 0 Å². The largest absolute Gasteiger partial charge is 0.466 e. The third-order valence-electron chi connectivity index (χ3n) is 5.38. The topological polar surface area (TPSA) is 47.4 Å². The maximum Gasteiger partial charge on any atom is 0.330 e. The van der Waals surface area contributed by atoms with Gasteiger partial charge in [-0.25, -0.2) is 9.48 Å². The first-order valence-electron chi connectivity index (χ1n) is 9.93. The predicted octanol–water partition coefficient (Wildman–Crippen LogP) is 4.40. The Morgan fingerprint density at radius 2 is 1.93 bits per heavy atom. The molecule has 1 fully saturated rings. The van der Waals surface area contributed by atoms with E-state index in [0.29, 0.717) is 6.04 Å². The number of hydrogen-bond acceptors (Lipinski definition) is 4.